The second-order valence-corrected chi connectivity index (χ2v) is 3.14. The number of carboxylic acids is 1. The summed E-state index contributed by atoms with van der Waals surface area (Å²) in [6.07, 6.45) is -2.38. The van der Waals surface area contributed by atoms with E-state index in [2.05, 4.69) is 4.98 Å². The molecule has 0 saturated carbocycles. The van der Waals surface area contributed by atoms with Gasteiger partial charge in [0.1, 0.15) is 6.07 Å². The molecule has 0 radical (unpaired) electrons. The number of carboxylic acid groups (broad SMARTS) is 1. The van der Waals surface area contributed by atoms with Crippen LogP contribution in [0.4, 0.5) is 8.78 Å². The number of alkyl halides is 2. The number of rotatable bonds is 3. The van der Waals surface area contributed by atoms with E-state index in [9.17, 15) is 13.6 Å². The lowest BCUT2D eigenvalue weighted by molar-refractivity contribution is -0.136. The quantitative estimate of drug-likeness (QED) is 0.853. The molecule has 0 aliphatic carbocycles. The molecule has 0 unspecified atom stereocenters. The van der Waals surface area contributed by atoms with Gasteiger partial charge in [0, 0.05) is 11.8 Å². The lowest BCUT2D eigenvalue weighted by Crippen LogP contribution is -2.08. The van der Waals surface area contributed by atoms with Gasteiger partial charge in [-0.2, -0.15) is 5.26 Å². The van der Waals surface area contributed by atoms with Crippen LogP contribution in [0.3, 0.4) is 0 Å². The standard InChI is InChI=1S/C10H8F2N2O2/c1-5-7(3-13)9(10(11)12)6(4-14-5)2-8(15)16/h4,10H,2H2,1H3,(H,15,16). The third-order valence-corrected chi connectivity index (χ3v) is 2.06. The van der Waals surface area contributed by atoms with Crippen molar-refractivity contribution in [1.29, 1.82) is 5.26 Å². The van der Waals surface area contributed by atoms with E-state index in [4.69, 9.17) is 10.4 Å². The van der Waals surface area contributed by atoms with Crippen LogP contribution in [0.25, 0.3) is 0 Å². The minimum absolute atomic E-state index is 0.121. The van der Waals surface area contributed by atoms with Gasteiger partial charge < -0.3 is 5.11 Å². The maximum Gasteiger partial charge on any atom is 0.307 e. The molecule has 0 bridgehead atoms. The van der Waals surface area contributed by atoms with Gasteiger partial charge in [0.2, 0.25) is 0 Å². The van der Waals surface area contributed by atoms with E-state index in [-0.39, 0.29) is 16.8 Å². The zero-order valence-corrected chi connectivity index (χ0v) is 8.37. The Morgan fingerprint density at radius 2 is 2.31 bits per heavy atom. The molecule has 0 saturated heterocycles. The zero-order valence-electron chi connectivity index (χ0n) is 8.37. The summed E-state index contributed by atoms with van der Waals surface area (Å²) in [5.74, 6) is -1.24. The Bertz CT molecular complexity index is 467. The van der Waals surface area contributed by atoms with Crippen molar-refractivity contribution in [3.8, 4) is 6.07 Å². The zero-order chi connectivity index (χ0) is 12.3. The molecule has 16 heavy (non-hydrogen) atoms. The number of aliphatic carboxylic acids is 1. The summed E-state index contributed by atoms with van der Waals surface area (Å²) in [5, 5.41) is 17.3. The Labute approximate surface area is 90.2 Å². The van der Waals surface area contributed by atoms with Crippen molar-refractivity contribution in [3.63, 3.8) is 0 Å². The lowest BCUT2D eigenvalue weighted by atomic mass is 10.0. The number of nitriles is 1. The normalized spacial score (nSPS) is 10.2. The smallest absolute Gasteiger partial charge is 0.307 e. The van der Waals surface area contributed by atoms with Gasteiger partial charge in [-0.05, 0) is 12.5 Å². The molecule has 1 N–H and O–H groups in total. The number of pyridine rings is 1. The summed E-state index contributed by atoms with van der Waals surface area (Å²) < 4.78 is 25.5. The van der Waals surface area contributed by atoms with Gasteiger partial charge in [-0.1, -0.05) is 0 Å². The van der Waals surface area contributed by atoms with Crippen molar-refractivity contribution in [3.05, 3.63) is 28.6 Å². The Morgan fingerprint density at radius 3 is 2.75 bits per heavy atom. The van der Waals surface area contributed by atoms with Gasteiger partial charge in [-0.3, -0.25) is 9.78 Å². The van der Waals surface area contributed by atoms with E-state index in [1.54, 1.807) is 6.07 Å². The molecule has 0 aliphatic rings. The van der Waals surface area contributed by atoms with E-state index in [1.165, 1.54) is 6.92 Å². The van der Waals surface area contributed by atoms with Gasteiger partial charge in [-0.15, -0.1) is 0 Å². The largest absolute Gasteiger partial charge is 0.481 e. The van der Waals surface area contributed by atoms with E-state index in [0.29, 0.717) is 0 Å². The van der Waals surface area contributed by atoms with E-state index in [0.717, 1.165) is 6.20 Å². The molecule has 0 aliphatic heterocycles. The van der Waals surface area contributed by atoms with Crippen molar-refractivity contribution >= 4 is 5.97 Å². The second kappa shape index (κ2) is 4.66. The highest BCUT2D eigenvalue weighted by molar-refractivity contribution is 5.71. The van der Waals surface area contributed by atoms with Crippen molar-refractivity contribution in [2.75, 3.05) is 0 Å². The van der Waals surface area contributed by atoms with E-state index >= 15 is 0 Å². The first kappa shape index (κ1) is 12.0. The Kier molecular flexibility index (Phi) is 3.51. The number of aromatic nitrogens is 1. The van der Waals surface area contributed by atoms with Crippen LogP contribution in [0.15, 0.2) is 6.20 Å². The molecule has 4 nitrogen and oxygen atoms in total. The molecule has 0 aromatic carbocycles. The van der Waals surface area contributed by atoms with Gasteiger partial charge in [0.25, 0.3) is 6.43 Å². The summed E-state index contributed by atoms with van der Waals surface area (Å²) in [5.41, 5.74) is -0.720. The molecule has 1 aromatic rings. The first-order valence-corrected chi connectivity index (χ1v) is 4.35. The first-order chi connectivity index (χ1) is 7.47. The van der Waals surface area contributed by atoms with Crippen LogP contribution in [-0.2, 0) is 11.2 Å². The number of carbonyl (C=O) groups is 1. The number of halogens is 2. The first-order valence-electron chi connectivity index (χ1n) is 4.35. The molecule has 0 spiro atoms. The van der Waals surface area contributed by atoms with Crippen LogP contribution < -0.4 is 0 Å². The molecule has 1 rings (SSSR count). The van der Waals surface area contributed by atoms with Crippen molar-refractivity contribution in [2.24, 2.45) is 0 Å². The summed E-state index contributed by atoms with van der Waals surface area (Å²) >= 11 is 0. The number of aryl methyl sites for hydroxylation is 1. The summed E-state index contributed by atoms with van der Waals surface area (Å²) in [6, 6.07) is 1.62. The van der Waals surface area contributed by atoms with Gasteiger partial charge >= 0.3 is 5.97 Å². The fourth-order valence-corrected chi connectivity index (χ4v) is 1.36. The summed E-state index contributed by atoms with van der Waals surface area (Å²) in [4.78, 5) is 14.2. The summed E-state index contributed by atoms with van der Waals surface area (Å²) in [6.45, 7) is 1.43. The predicted octanol–water partition coefficient (Wildman–Crippen LogP) is 1.83. The van der Waals surface area contributed by atoms with Crippen LogP contribution in [0.5, 0.6) is 0 Å². The number of hydrogen-bond acceptors (Lipinski definition) is 3. The van der Waals surface area contributed by atoms with Crippen LogP contribution >= 0.6 is 0 Å². The molecular formula is C10H8F2N2O2. The van der Waals surface area contributed by atoms with Crippen molar-refractivity contribution in [2.45, 2.75) is 19.8 Å². The molecule has 0 atom stereocenters. The average molecular weight is 226 g/mol. The molecule has 0 amide bonds. The van der Waals surface area contributed by atoms with Crippen molar-refractivity contribution < 1.29 is 18.7 Å². The highest BCUT2D eigenvalue weighted by atomic mass is 19.3. The average Bonchev–Trinajstić information content (AvgIpc) is 2.18. The molecule has 6 heteroatoms. The van der Waals surface area contributed by atoms with Crippen LogP contribution in [0.2, 0.25) is 0 Å². The Balaban J connectivity index is 3.40. The Hall–Kier alpha value is -2.03. The van der Waals surface area contributed by atoms with Gasteiger partial charge in [0.05, 0.1) is 17.7 Å². The highest BCUT2D eigenvalue weighted by Gasteiger charge is 2.21. The maximum absolute atomic E-state index is 12.7. The maximum atomic E-state index is 12.7. The molecular weight excluding hydrogens is 218 g/mol. The third kappa shape index (κ3) is 2.31. The Morgan fingerprint density at radius 1 is 1.69 bits per heavy atom. The summed E-state index contributed by atoms with van der Waals surface area (Å²) in [7, 11) is 0. The third-order valence-electron chi connectivity index (χ3n) is 2.06. The van der Waals surface area contributed by atoms with Crippen LogP contribution in [-0.4, -0.2) is 16.1 Å². The monoisotopic (exact) mass is 226 g/mol. The molecule has 1 heterocycles. The number of nitrogens with zero attached hydrogens (tertiary/aromatic N) is 2. The second-order valence-electron chi connectivity index (χ2n) is 3.14. The minimum Gasteiger partial charge on any atom is -0.481 e. The predicted molar refractivity (Wildman–Crippen MR) is 50.0 cm³/mol. The molecule has 0 fully saturated rings. The van der Waals surface area contributed by atoms with E-state index in [1.807, 2.05) is 0 Å². The molecule has 84 valence electrons. The van der Waals surface area contributed by atoms with Gasteiger partial charge in [-0.25, -0.2) is 8.78 Å². The minimum atomic E-state index is -2.88. The lowest BCUT2D eigenvalue weighted by Gasteiger charge is -2.10. The van der Waals surface area contributed by atoms with E-state index < -0.39 is 24.4 Å². The topological polar surface area (TPSA) is 74.0 Å². The SMILES string of the molecule is Cc1ncc(CC(=O)O)c(C(F)F)c1C#N. The van der Waals surface area contributed by atoms with Gasteiger partial charge in [0.15, 0.2) is 0 Å². The highest BCUT2D eigenvalue weighted by Crippen LogP contribution is 2.27. The number of hydrogen-bond donors (Lipinski definition) is 1. The van der Waals surface area contributed by atoms with Crippen molar-refractivity contribution in [1.82, 2.24) is 4.98 Å². The van der Waals surface area contributed by atoms with Crippen LogP contribution in [0.1, 0.15) is 28.8 Å². The fourth-order valence-electron chi connectivity index (χ4n) is 1.36. The fraction of sp³-hybridized carbons (Fsp3) is 0.300. The van der Waals surface area contributed by atoms with Crippen LogP contribution in [0, 0.1) is 18.3 Å². The molecule has 1 aromatic heterocycles.